The van der Waals surface area contributed by atoms with Gasteiger partial charge in [-0.3, -0.25) is 0 Å². The molecule has 2 aliphatic carbocycles. The second-order valence-corrected chi connectivity index (χ2v) is 12.1. The van der Waals surface area contributed by atoms with Gasteiger partial charge in [-0.15, -0.1) is 0 Å². The number of hydrogen-bond donors (Lipinski definition) is 0. The average Bonchev–Trinajstić information content (AvgIpc) is 2.50. The SMILES string of the molecule is C=C(OC1CCC(C=C(Br)Br)CC1)OC1CCC(C=C(Br)Br)CC1. The van der Waals surface area contributed by atoms with Crippen LogP contribution < -0.4 is 0 Å². The van der Waals surface area contributed by atoms with E-state index < -0.39 is 0 Å². The highest BCUT2D eigenvalue weighted by Gasteiger charge is 2.25. The number of rotatable bonds is 6. The summed E-state index contributed by atoms with van der Waals surface area (Å²) in [5.41, 5.74) is 0. The molecule has 0 N–H and O–H groups in total. The van der Waals surface area contributed by atoms with Crippen molar-refractivity contribution in [3.63, 3.8) is 0 Å². The van der Waals surface area contributed by atoms with Crippen molar-refractivity contribution in [2.45, 2.75) is 63.6 Å². The van der Waals surface area contributed by atoms with E-state index in [1.165, 1.54) is 0 Å². The van der Waals surface area contributed by atoms with Crippen LogP contribution in [0.1, 0.15) is 51.4 Å². The summed E-state index contributed by atoms with van der Waals surface area (Å²) in [5, 5.41) is 0. The van der Waals surface area contributed by atoms with E-state index in [0.717, 1.165) is 58.1 Å². The van der Waals surface area contributed by atoms with Crippen LogP contribution in [0, 0.1) is 11.8 Å². The quantitative estimate of drug-likeness (QED) is 0.293. The maximum atomic E-state index is 5.95. The highest BCUT2D eigenvalue weighted by atomic mass is 79.9. The molecule has 0 radical (unpaired) electrons. The third-order valence-corrected chi connectivity index (χ3v) is 5.81. The van der Waals surface area contributed by atoms with Gasteiger partial charge in [0.2, 0.25) is 0 Å². The van der Waals surface area contributed by atoms with Crippen molar-refractivity contribution in [3.05, 3.63) is 31.5 Å². The fraction of sp³-hybridized carbons (Fsp3) is 0.667. The molecule has 0 unspecified atom stereocenters. The van der Waals surface area contributed by atoms with Gasteiger partial charge in [0.15, 0.2) is 0 Å². The Morgan fingerprint density at radius 3 is 1.29 bits per heavy atom. The van der Waals surface area contributed by atoms with Crippen LogP contribution in [0.2, 0.25) is 0 Å². The van der Waals surface area contributed by atoms with E-state index in [2.05, 4.69) is 82.5 Å². The molecule has 0 spiro atoms. The molecule has 2 nitrogen and oxygen atoms in total. The molecule has 0 aromatic carbocycles. The van der Waals surface area contributed by atoms with Gasteiger partial charge in [0.25, 0.3) is 5.95 Å². The van der Waals surface area contributed by atoms with Crippen LogP contribution >= 0.6 is 63.7 Å². The van der Waals surface area contributed by atoms with Crippen LogP contribution in [0.5, 0.6) is 0 Å². The Bertz CT molecular complexity index is 423. The van der Waals surface area contributed by atoms with E-state index in [9.17, 15) is 0 Å². The average molecular weight is 592 g/mol. The third kappa shape index (κ3) is 7.96. The fourth-order valence-electron chi connectivity index (χ4n) is 3.50. The number of allylic oxidation sites excluding steroid dienone is 2. The molecule has 6 heteroatoms. The van der Waals surface area contributed by atoms with Gasteiger partial charge < -0.3 is 9.47 Å². The summed E-state index contributed by atoms with van der Waals surface area (Å²) in [6.07, 6.45) is 13.8. The Morgan fingerprint density at radius 2 is 1.00 bits per heavy atom. The smallest absolute Gasteiger partial charge is 0.272 e. The summed E-state index contributed by atoms with van der Waals surface area (Å²) < 4.78 is 14.0. The van der Waals surface area contributed by atoms with Gasteiger partial charge in [0.1, 0.15) is 12.2 Å². The third-order valence-electron chi connectivity index (χ3n) is 4.76. The monoisotopic (exact) mass is 588 g/mol. The second kappa shape index (κ2) is 10.8. The predicted octanol–water partition coefficient (Wildman–Crippen LogP) is 7.87. The van der Waals surface area contributed by atoms with Gasteiger partial charge in [-0.2, -0.15) is 0 Å². The fourth-order valence-corrected chi connectivity index (χ4v) is 5.00. The molecule has 0 saturated heterocycles. The number of hydrogen-bond acceptors (Lipinski definition) is 2. The van der Waals surface area contributed by atoms with Gasteiger partial charge in [-0.25, -0.2) is 0 Å². The van der Waals surface area contributed by atoms with Gasteiger partial charge in [0.05, 0.1) is 6.78 Å². The maximum absolute atomic E-state index is 5.95. The largest absolute Gasteiger partial charge is 0.463 e. The minimum Gasteiger partial charge on any atom is -0.463 e. The first-order valence-electron chi connectivity index (χ1n) is 8.50. The molecule has 0 aromatic heterocycles. The van der Waals surface area contributed by atoms with Crippen molar-refractivity contribution in [3.8, 4) is 0 Å². The summed E-state index contributed by atoms with van der Waals surface area (Å²) in [7, 11) is 0. The number of halogens is 4. The standard InChI is InChI=1S/C18H24Br4O2/c1-12(23-15-6-2-13(3-7-15)10-17(19)20)24-16-8-4-14(5-9-16)11-18(21)22/h10-11,13-16H,1-9H2. The zero-order valence-corrected chi connectivity index (χ0v) is 20.0. The highest BCUT2D eigenvalue weighted by molar-refractivity contribution is 9.28. The van der Waals surface area contributed by atoms with Crippen LogP contribution in [-0.2, 0) is 9.47 Å². The Balaban J connectivity index is 1.66. The molecular formula is C18H24Br4O2. The summed E-state index contributed by atoms with van der Waals surface area (Å²) in [6.45, 7) is 3.98. The zero-order chi connectivity index (χ0) is 17.5. The molecule has 2 saturated carbocycles. The van der Waals surface area contributed by atoms with Gasteiger partial charge in [-0.05, 0) is 134 Å². The summed E-state index contributed by atoms with van der Waals surface area (Å²) in [5.74, 6) is 1.77. The van der Waals surface area contributed by atoms with E-state index in [-0.39, 0.29) is 12.2 Å². The first-order chi connectivity index (χ1) is 11.4. The normalized spacial score (nSPS) is 30.2. The maximum Gasteiger partial charge on any atom is 0.272 e. The molecule has 0 bridgehead atoms. The van der Waals surface area contributed by atoms with Crippen molar-refractivity contribution in [1.29, 1.82) is 0 Å². The molecule has 24 heavy (non-hydrogen) atoms. The van der Waals surface area contributed by atoms with Crippen molar-refractivity contribution in [2.75, 3.05) is 0 Å². The first kappa shape index (κ1) is 21.0. The van der Waals surface area contributed by atoms with Crippen LogP contribution in [-0.4, -0.2) is 12.2 Å². The van der Waals surface area contributed by atoms with Crippen LogP contribution in [0.25, 0.3) is 0 Å². The van der Waals surface area contributed by atoms with E-state index in [1.54, 1.807) is 0 Å². The van der Waals surface area contributed by atoms with Gasteiger partial charge in [-0.1, -0.05) is 12.2 Å². The van der Waals surface area contributed by atoms with E-state index >= 15 is 0 Å². The van der Waals surface area contributed by atoms with Crippen molar-refractivity contribution < 1.29 is 9.47 Å². The summed E-state index contributed by atoms with van der Waals surface area (Å²) in [4.78, 5) is 0. The lowest BCUT2D eigenvalue weighted by Gasteiger charge is -2.31. The van der Waals surface area contributed by atoms with E-state index in [4.69, 9.17) is 9.47 Å². The highest BCUT2D eigenvalue weighted by Crippen LogP contribution is 2.33. The summed E-state index contributed by atoms with van der Waals surface area (Å²) >= 11 is 13.8. The van der Waals surface area contributed by atoms with Crippen molar-refractivity contribution in [2.24, 2.45) is 11.8 Å². The molecule has 0 aromatic rings. The lowest BCUT2D eigenvalue weighted by molar-refractivity contribution is -0.0602. The lowest BCUT2D eigenvalue weighted by atomic mass is 9.87. The lowest BCUT2D eigenvalue weighted by Crippen LogP contribution is -2.24. The molecule has 0 aliphatic heterocycles. The molecule has 2 aliphatic rings. The minimum absolute atomic E-state index is 0.250. The molecule has 2 rings (SSSR count). The van der Waals surface area contributed by atoms with E-state index in [1.807, 2.05) is 0 Å². The topological polar surface area (TPSA) is 18.5 Å². The Labute approximate surface area is 179 Å². The molecule has 2 fully saturated rings. The molecule has 0 amide bonds. The minimum atomic E-state index is 0.250. The predicted molar refractivity (Wildman–Crippen MR) is 115 cm³/mol. The second-order valence-electron chi connectivity index (χ2n) is 6.59. The molecule has 0 heterocycles. The molecule has 0 atom stereocenters. The van der Waals surface area contributed by atoms with Crippen molar-refractivity contribution >= 4 is 63.7 Å². The molecule has 136 valence electrons. The van der Waals surface area contributed by atoms with Crippen molar-refractivity contribution in [1.82, 2.24) is 0 Å². The zero-order valence-electron chi connectivity index (χ0n) is 13.7. The van der Waals surface area contributed by atoms with Crippen LogP contribution in [0.4, 0.5) is 0 Å². The van der Waals surface area contributed by atoms with Crippen LogP contribution in [0.15, 0.2) is 31.5 Å². The first-order valence-corrected chi connectivity index (χ1v) is 11.7. The van der Waals surface area contributed by atoms with Gasteiger partial charge >= 0.3 is 0 Å². The van der Waals surface area contributed by atoms with Crippen LogP contribution in [0.3, 0.4) is 0 Å². The Hall–Kier alpha value is 0.740. The molecular weight excluding hydrogens is 568 g/mol. The number of ether oxygens (including phenoxy) is 2. The summed E-state index contributed by atoms with van der Waals surface area (Å²) in [6, 6.07) is 0. The van der Waals surface area contributed by atoms with E-state index in [0.29, 0.717) is 17.8 Å². The Morgan fingerprint density at radius 1 is 0.667 bits per heavy atom. The van der Waals surface area contributed by atoms with Gasteiger partial charge in [0, 0.05) is 0 Å². The Kier molecular flexibility index (Phi) is 9.46.